The van der Waals surface area contributed by atoms with Crippen LogP contribution in [-0.4, -0.2) is 36.4 Å². The molecule has 0 aliphatic rings. The predicted octanol–water partition coefficient (Wildman–Crippen LogP) is 3.35. The lowest BCUT2D eigenvalue weighted by Gasteiger charge is -2.09. The molecule has 0 aliphatic heterocycles. The first-order valence-electron chi connectivity index (χ1n) is 8.66. The third kappa shape index (κ3) is 4.86. The van der Waals surface area contributed by atoms with E-state index in [0.29, 0.717) is 23.0 Å². The van der Waals surface area contributed by atoms with Gasteiger partial charge in [0.2, 0.25) is 11.8 Å². The van der Waals surface area contributed by atoms with Crippen molar-refractivity contribution in [1.29, 1.82) is 0 Å². The van der Waals surface area contributed by atoms with Gasteiger partial charge >= 0.3 is 11.9 Å². The standard InChI is InChI=1S/C21H19N3O5/c1-13-7-9-14(10-8-13)19-23-24-20(29-19)15-5-4-6-16(11-15)22-17(21(26)28-3)12-18(25)27-2/h4-12,22H,1-3H3/b17-12+. The Morgan fingerprint density at radius 2 is 1.66 bits per heavy atom. The fraction of sp³-hybridized carbons (Fsp3) is 0.143. The van der Waals surface area contributed by atoms with Crippen molar-refractivity contribution < 1.29 is 23.5 Å². The molecule has 2 aromatic carbocycles. The predicted molar refractivity (Wildman–Crippen MR) is 106 cm³/mol. The van der Waals surface area contributed by atoms with Gasteiger partial charge in [0.05, 0.1) is 20.3 Å². The number of nitrogens with one attached hydrogen (secondary N) is 1. The summed E-state index contributed by atoms with van der Waals surface area (Å²) in [5.41, 5.74) is 3.05. The average molecular weight is 393 g/mol. The van der Waals surface area contributed by atoms with Crippen molar-refractivity contribution in [3.8, 4) is 22.9 Å². The van der Waals surface area contributed by atoms with E-state index >= 15 is 0 Å². The van der Waals surface area contributed by atoms with Gasteiger partial charge in [-0.2, -0.15) is 0 Å². The number of anilines is 1. The lowest BCUT2D eigenvalue weighted by molar-refractivity contribution is -0.138. The maximum Gasteiger partial charge on any atom is 0.354 e. The highest BCUT2D eigenvalue weighted by molar-refractivity contribution is 5.98. The monoisotopic (exact) mass is 393 g/mol. The second-order valence-corrected chi connectivity index (χ2v) is 6.06. The van der Waals surface area contributed by atoms with E-state index in [1.54, 1.807) is 24.3 Å². The average Bonchev–Trinajstić information content (AvgIpc) is 3.23. The number of methoxy groups -OCH3 is 2. The van der Waals surface area contributed by atoms with Crippen LogP contribution in [0.2, 0.25) is 0 Å². The van der Waals surface area contributed by atoms with E-state index in [2.05, 4.69) is 25.0 Å². The second-order valence-electron chi connectivity index (χ2n) is 6.06. The molecule has 3 rings (SSSR count). The van der Waals surface area contributed by atoms with Gasteiger partial charge in [0.15, 0.2) is 0 Å². The SMILES string of the molecule is COC(=O)/C=C(/Nc1cccc(-c2nnc(-c3ccc(C)cc3)o2)c1)C(=O)OC. The minimum absolute atomic E-state index is 0.0672. The maximum atomic E-state index is 11.9. The minimum Gasteiger partial charge on any atom is -0.466 e. The molecular weight excluding hydrogens is 374 g/mol. The molecular formula is C21H19N3O5. The molecule has 0 saturated heterocycles. The van der Waals surface area contributed by atoms with Crippen molar-refractivity contribution in [2.24, 2.45) is 0 Å². The zero-order valence-electron chi connectivity index (χ0n) is 16.1. The summed E-state index contributed by atoms with van der Waals surface area (Å²) in [6, 6.07) is 14.7. The smallest absolute Gasteiger partial charge is 0.354 e. The summed E-state index contributed by atoms with van der Waals surface area (Å²) in [6.45, 7) is 2.00. The van der Waals surface area contributed by atoms with Crippen LogP contribution in [0.5, 0.6) is 0 Å². The first-order valence-corrected chi connectivity index (χ1v) is 8.66. The van der Waals surface area contributed by atoms with Gasteiger partial charge in [-0.05, 0) is 37.3 Å². The van der Waals surface area contributed by atoms with Gasteiger partial charge in [-0.3, -0.25) is 0 Å². The fourth-order valence-electron chi connectivity index (χ4n) is 2.47. The van der Waals surface area contributed by atoms with E-state index in [1.165, 1.54) is 14.2 Å². The number of carbonyl (C=O) groups excluding carboxylic acids is 2. The largest absolute Gasteiger partial charge is 0.466 e. The molecule has 1 aromatic heterocycles. The summed E-state index contributed by atoms with van der Waals surface area (Å²) in [6.07, 6.45) is 1.01. The normalized spacial score (nSPS) is 11.1. The molecule has 8 heteroatoms. The van der Waals surface area contributed by atoms with Crippen LogP contribution in [-0.2, 0) is 19.1 Å². The Bertz CT molecular complexity index is 1050. The van der Waals surface area contributed by atoms with Crippen LogP contribution >= 0.6 is 0 Å². The van der Waals surface area contributed by atoms with E-state index < -0.39 is 11.9 Å². The van der Waals surface area contributed by atoms with Crippen molar-refractivity contribution in [1.82, 2.24) is 10.2 Å². The van der Waals surface area contributed by atoms with Crippen LogP contribution < -0.4 is 5.32 Å². The molecule has 0 bridgehead atoms. The topological polar surface area (TPSA) is 104 Å². The molecule has 0 unspecified atom stereocenters. The summed E-state index contributed by atoms with van der Waals surface area (Å²) in [5, 5.41) is 11.0. The summed E-state index contributed by atoms with van der Waals surface area (Å²) in [7, 11) is 2.44. The number of carbonyl (C=O) groups is 2. The molecule has 0 atom stereocenters. The van der Waals surface area contributed by atoms with Crippen LogP contribution in [0.3, 0.4) is 0 Å². The van der Waals surface area contributed by atoms with Gasteiger partial charge in [-0.25, -0.2) is 9.59 Å². The molecule has 0 amide bonds. The van der Waals surface area contributed by atoms with Crippen molar-refractivity contribution in [3.63, 3.8) is 0 Å². The number of nitrogens with zero attached hydrogens (tertiary/aromatic N) is 2. The Morgan fingerprint density at radius 1 is 0.966 bits per heavy atom. The van der Waals surface area contributed by atoms with E-state index in [4.69, 9.17) is 4.42 Å². The number of aryl methyl sites for hydroxylation is 1. The Morgan fingerprint density at radius 3 is 2.31 bits per heavy atom. The first-order chi connectivity index (χ1) is 14.0. The van der Waals surface area contributed by atoms with E-state index in [9.17, 15) is 9.59 Å². The summed E-state index contributed by atoms with van der Waals surface area (Å²) in [4.78, 5) is 23.4. The van der Waals surface area contributed by atoms with Crippen molar-refractivity contribution in [2.45, 2.75) is 6.92 Å². The lowest BCUT2D eigenvalue weighted by Crippen LogP contribution is -2.15. The number of aromatic nitrogens is 2. The molecule has 148 valence electrons. The molecule has 0 saturated carbocycles. The summed E-state index contributed by atoms with van der Waals surface area (Å²) < 4.78 is 15.0. The number of hydrogen-bond donors (Lipinski definition) is 1. The molecule has 0 spiro atoms. The third-order valence-corrected chi connectivity index (χ3v) is 3.98. The third-order valence-electron chi connectivity index (χ3n) is 3.98. The van der Waals surface area contributed by atoms with Gasteiger partial charge in [0.25, 0.3) is 0 Å². The van der Waals surface area contributed by atoms with Gasteiger partial charge in [0.1, 0.15) is 5.70 Å². The van der Waals surface area contributed by atoms with Crippen molar-refractivity contribution in [2.75, 3.05) is 19.5 Å². The Labute approximate surface area is 167 Å². The highest BCUT2D eigenvalue weighted by Gasteiger charge is 2.15. The van der Waals surface area contributed by atoms with Gasteiger partial charge in [-0.15, -0.1) is 10.2 Å². The van der Waals surface area contributed by atoms with E-state index in [1.807, 2.05) is 31.2 Å². The fourth-order valence-corrected chi connectivity index (χ4v) is 2.47. The molecule has 1 N–H and O–H groups in total. The van der Waals surface area contributed by atoms with Gasteiger partial charge in [-0.1, -0.05) is 23.8 Å². The minimum atomic E-state index is -0.708. The highest BCUT2D eigenvalue weighted by Crippen LogP contribution is 2.26. The Balaban J connectivity index is 1.86. The summed E-state index contributed by atoms with van der Waals surface area (Å²) >= 11 is 0. The highest BCUT2D eigenvalue weighted by atomic mass is 16.5. The molecule has 29 heavy (non-hydrogen) atoms. The quantitative estimate of drug-likeness (QED) is 0.502. The van der Waals surface area contributed by atoms with Crippen LogP contribution in [0, 0.1) is 6.92 Å². The van der Waals surface area contributed by atoms with Crippen molar-refractivity contribution >= 4 is 17.6 Å². The molecule has 0 aliphatic carbocycles. The zero-order valence-corrected chi connectivity index (χ0v) is 16.1. The number of rotatable bonds is 6. The van der Waals surface area contributed by atoms with Crippen LogP contribution in [0.15, 0.2) is 64.7 Å². The Kier molecular flexibility index (Phi) is 6.03. The molecule has 8 nitrogen and oxygen atoms in total. The molecule has 0 fully saturated rings. The van der Waals surface area contributed by atoms with Crippen LogP contribution in [0.4, 0.5) is 5.69 Å². The van der Waals surface area contributed by atoms with Crippen molar-refractivity contribution in [3.05, 3.63) is 65.9 Å². The van der Waals surface area contributed by atoms with Crippen LogP contribution in [0.1, 0.15) is 5.56 Å². The zero-order chi connectivity index (χ0) is 20.8. The summed E-state index contributed by atoms with van der Waals surface area (Å²) in [5.74, 6) is -0.672. The van der Waals surface area contributed by atoms with Gasteiger partial charge < -0.3 is 19.2 Å². The number of hydrogen-bond acceptors (Lipinski definition) is 8. The molecule has 0 radical (unpaired) electrons. The molecule has 3 aromatic rings. The number of benzene rings is 2. The lowest BCUT2D eigenvalue weighted by atomic mass is 10.1. The maximum absolute atomic E-state index is 11.9. The van der Waals surface area contributed by atoms with Crippen LogP contribution in [0.25, 0.3) is 22.9 Å². The Hall–Kier alpha value is -3.94. The van der Waals surface area contributed by atoms with Gasteiger partial charge in [0, 0.05) is 16.8 Å². The van der Waals surface area contributed by atoms with E-state index in [0.717, 1.165) is 17.2 Å². The van der Waals surface area contributed by atoms with E-state index in [-0.39, 0.29) is 5.70 Å². The second kappa shape index (κ2) is 8.83. The molecule has 1 heterocycles. The number of ether oxygens (including phenoxy) is 2. The first kappa shape index (κ1) is 19.8. The number of esters is 2.